The molecule has 0 saturated heterocycles. The molecule has 6 heteroatoms. The molecule has 0 aromatic heterocycles. The van der Waals surface area contributed by atoms with E-state index in [1.165, 1.54) is 0 Å². The lowest BCUT2D eigenvalue weighted by molar-refractivity contribution is -0.143. The van der Waals surface area contributed by atoms with Crippen molar-refractivity contribution in [3.63, 3.8) is 0 Å². The van der Waals surface area contributed by atoms with Gasteiger partial charge in [0.15, 0.2) is 0 Å². The Morgan fingerprint density at radius 2 is 1.59 bits per heavy atom. The monoisotopic (exact) mass is 311 g/mol. The predicted octanol–water partition coefficient (Wildman–Crippen LogP) is 3.12. The van der Waals surface area contributed by atoms with Crippen LogP contribution in [0.5, 0.6) is 0 Å². The Bertz CT molecular complexity index is 542. The first-order chi connectivity index (χ1) is 10.5. The lowest BCUT2D eigenvalue weighted by atomic mass is 9.86. The van der Waals surface area contributed by atoms with Gasteiger partial charge in [0, 0.05) is 17.7 Å². The molecule has 1 amide bonds. The number of carboxylic acids is 1. The van der Waals surface area contributed by atoms with Gasteiger partial charge in [0.1, 0.15) is 11.6 Å². The van der Waals surface area contributed by atoms with Crippen molar-refractivity contribution < 1.29 is 23.5 Å². The molecule has 1 saturated carbocycles. The molecule has 0 bridgehead atoms. The Hall–Kier alpha value is -1.98. The van der Waals surface area contributed by atoms with Gasteiger partial charge in [0.25, 0.3) is 5.91 Å². The zero-order chi connectivity index (χ0) is 16.1. The summed E-state index contributed by atoms with van der Waals surface area (Å²) in [4.78, 5) is 23.5. The Labute approximate surface area is 127 Å². The molecule has 1 aromatic rings. The number of nitrogens with one attached hydrogen (secondary N) is 1. The van der Waals surface area contributed by atoms with Crippen LogP contribution in [-0.4, -0.2) is 23.0 Å². The molecule has 4 nitrogen and oxygen atoms in total. The molecule has 2 unspecified atom stereocenters. The first-order valence-electron chi connectivity index (χ1n) is 7.47. The maximum absolute atomic E-state index is 13.2. The Morgan fingerprint density at radius 3 is 2.18 bits per heavy atom. The highest BCUT2D eigenvalue weighted by Gasteiger charge is 2.30. The zero-order valence-electron chi connectivity index (χ0n) is 12.1. The van der Waals surface area contributed by atoms with Crippen LogP contribution in [0.2, 0.25) is 0 Å². The minimum atomic E-state index is -0.947. The number of hydrogen-bond donors (Lipinski definition) is 2. The van der Waals surface area contributed by atoms with E-state index in [2.05, 4.69) is 5.32 Å². The Morgan fingerprint density at radius 1 is 1.00 bits per heavy atom. The van der Waals surface area contributed by atoms with Gasteiger partial charge < -0.3 is 10.4 Å². The van der Waals surface area contributed by atoms with Crippen molar-refractivity contribution in [2.24, 2.45) is 5.92 Å². The number of hydrogen-bond acceptors (Lipinski definition) is 2. The fourth-order valence-corrected chi connectivity index (χ4v) is 2.89. The van der Waals surface area contributed by atoms with Crippen LogP contribution in [0.4, 0.5) is 8.78 Å². The van der Waals surface area contributed by atoms with Crippen LogP contribution in [0.15, 0.2) is 18.2 Å². The van der Waals surface area contributed by atoms with Crippen molar-refractivity contribution >= 4 is 11.9 Å². The predicted molar refractivity (Wildman–Crippen MR) is 76.4 cm³/mol. The van der Waals surface area contributed by atoms with E-state index < -0.39 is 35.5 Å². The summed E-state index contributed by atoms with van der Waals surface area (Å²) in [6, 6.07) is 2.05. The molecule has 2 N–H and O–H groups in total. The maximum atomic E-state index is 13.2. The quantitative estimate of drug-likeness (QED) is 0.901. The van der Waals surface area contributed by atoms with Crippen LogP contribution in [0.3, 0.4) is 0 Å². The van der Waals surface area contributed by atoms with Crippen molar-refractivity contribution in [1.82, 2.24) is 5.32 Å². The minimum absolute atomic E-state index is 0.135. The lowest BCUT2D eigenvalue weighted by Crippen LogP contribution is -2.44. The Balaban J connectivity index is 2.13. The van der Waals surface area contributed by atoms with Crippen molar-refractivity contribution in [3.05, 3.63) is 35.4 Å². The zero-order valence-corrected chi connectivity index (χ0v) is 12.1. The van der Waals surface area contributed by atoms with Gasteiger partial charge >= 0.3 is 5.97 Å². The first kappa shape index (κ1) is 16.4. The second-order valence-corrected chi connectivity index (χ2v) is 5.67. The molecule has 120 valence electrons. The maximum Gasteiger partial charge on any atom is 0.308 e. The van der Waals surface area contributed by atoms with Gasteiger partial charge in [-0.15, -0.1) is 0 Å². The average molecular weight is 311 g/mol. The fraction of sp³-hybridized carbons (Fsp3) is 0.500. The van der Waals surface area contributed by atoms with E-state index in [1.807, 2.05) is 0 Å². The van der Waals surface area contributed by atoms with Gasteiger partial charge in [-0.3, -0.25) is 9.59 Å². The number of halogens is 2. The Kier molecular flexibility index (Phi) is 5.46. The van der Waals surface area contributed by atoms with Crippen LogP contribution in [-0.2, 0) is 4.79 Å². The molecule has 0 aliphatic heterocycles. The molecule has 0 radical (unpaired) electrons. The summed E-state index contributed by atoms with van der Waals surface area (Å²) in [7, 11) is 0. The molecule has 22 heavy (non-hydrogen) atoms. The largest absolute Gasteiger partial charge is 0.481 e. The third-order valence-electron chi connectivity index (χ3n) is 4.02. The van der Waals surface area contributed by atoms with Gasteiger partial charge in [-0.2, -0.15) is 0 Å². The van der Waals surface area contributed by atoms with E-state index in [-0.39, 0.29) is 5.56 Å². The van der Waals surface area contributed by atoms with Crippen molar-refractivity contribution in [2.45, 2.75) is 44.6 Å². The van der Waals surface area contributed by atoms with Gasteiger partial charge in [0.05, 0.1) is 5.92 Å². The highest BCUT2D eigenvalue weighted by atomic mass is 19.1. The summed E-state index contributed by atoms with van der Waals surface area (Å²) < 4.78 is 26.4. The summed E-state index contributed by atoms with van der Waals surface area (Å²) in [6.45, 7) is 0. The van der Waals surface area contributed by atoms with Gasteiger partial charge in [-0.1, -0.05) is 25.7 Å². The van der Waals surface area contributed by atoms with Gasteiger partial charge in [0.2, 0.25) is 0 Å². The van der Waals surface area contributed by atoms with E-state index in [0.29, 0.717) is 18.9 Å². The molecule has 2 atom stereocenters. The molecule has 2 rings (SSSR count). The lowest BCUT2D eigenvalue weighted by Gasteiger charge is -2.27. The smallest absolute Gasteiger partial charge is 0.308 e. The highest BCUT2D eigenvalue weighted by molar-refractivity contribution is 5.94. The average Bonchev–Trinajstić information content (AvgIpc) is 2.40. The van der Waals surface area contributed by atoms with E-state index >= 15 is 0 Å². The fourth-order valence-electron chi connectivity index (χ4n) is 2.89. The van der Waals surface area contributed by atoms with Crippen molar-refractivity contribution in [3.8, 4) is 0 Å². The van der Waals surface area contributed by atoms with Crippen LogP contribution in [0.25, 0.3) is 0 Å². The number of carbonyl (C=O) groups is 2. The summed E-state index contributed by atoms with van der Waals surface area (Å²) in [5.41, 5.74) is -0.135. The first-order valence-corrected chi connectivity index (χ1v) is 7.47. The normalized spacial score (nSPS) is 22.5. The van der Waals surface area contributed by atoms with Crippen LogP contribution in [0.1, 0.15) is 48.9 Å². The molecule has 1 fully saturated rings. The number of rotatable bonds is 3. The van der Waals surface area contributed by atoms with Crippen molar-refractivity contribution in [1.29, 1.82) is 0 Å². The van der Waals surface area contributed by atoms with E-state index in [4.69, 9.17) is 0 Å². The number of carboxylic acid groups (broad SMARTS) is 1. The molecule has 1 aliphatic rings. The number of aliphatic carboxylic acids is 1. The minimum Gasteiger partial charge on any atom is -0.481 e. The molecule has 0 spiro atoms. The standard InChI is InChI=1S/C16H19F2NO3/c17-11-7-10(8-12(18)9-11)15(20)19-14-6-4-2-1-3-5-13(14)16(21)22/h7-9,13-14H,1-6H2,(H,19,20)(H,21,22). The van der Waals surface area contributed by atoms with Crippen molar-refractivity contribution in [2.75, 3.05) is 0 Å². The highest BCUT2D eigenvalue weighted by Crippen LogP contribution is 2.23. The second-order valence-electron chi connectivity index (χ2n) is 5.67. The number of benzene rings is 1. The van der Waals surface area contributed by atoms with Crippen LogP contribution >= 0.6 is 0 Å². The molecule has 1 aliphatic carbocycles. The second kappa shape index (κ2) is 7.33. The summed E-state index contributed by atoms with van der Waals surface area (Å²) in [5.74, 6) is -3.93. The van der Waals surface area contributed by atoms with E-state index in [0.717, 1.165) is 37.8 Å². The van der Waals surface area contributed by atoms with E-state index in [1.54, 1.807) is 0 Å². The number of carbonyl (C=O) groups excluding carboxylic acids is 1. The molecule has 1 aromatic carbocycles. The summed E-state index contributed by atoms with van der Waals surface area (Å²) in [5, 5.41) is 12.0. The van der Waals surface area contributed by atoms with Gasteiger partial charge in [-0.25, -0.2) is 8.78 Å². The third-order valence-corrected chi connectivity index (χ3v) is 4.02. The van der Waals surface area contributed by atoms with Crippen LogP contribution < -0.4 is 5.32 Å². The summed E-state index contributed by atoms with van der Waals surface area (Å²) >= 11 is 0. The summed E-state index contributed by atoms with van der Waals surface area (Å²) in [6.07, 6.45) is 4.66. The van der Waals surface area contributed by atoms with E-state index in [9.17, 15) is 23.5 Å². The van der Waals surface area contributed by atoms with Gasteiger partial charge in [-0.05, 0) is 25.0 Å². The third kappa shape index (κ3) is 4.26. The topological polar surface area (TPSA) is 66.4 Å². The molecular formula is C16H19F2NO3. The molecular weight excluding hydrogens is 292 g/mol. The van der Waals surface area contributed by atoms with Crippen LogP contribution in [0, 0.1) is 17.6 Å². The number of amides is 1. The SMILES string of the molecule is O=C(NC1CCCCCCC1C(=O)O)c1cc(F)cc(F)c1. The molecule has 0 heterocycles.